The molecule has 38 heavy (non-hydrogen) atoms. The summed E-state index contributed by atoms with van der Waals surface area (Å²) < 4.78 is 31.0. The first-order chi connectivity index (χ1) is 18.4. The van der Waals surface area contributed by atoms with Gasteiger partial charge in [0.05, 0.1) is 43.8 Å². The zero-order valence-electron chi connectivity index (χ0n) is 21.1. The molecule has 1 aromatic heterocycles. The quantitative estimate of drug-likeness (QED) is 0.371. The van der Waals surface area contributed by atoms with Crippen LogP contribution in [0, 0.1) is 0 Å². The van der Waals surface area contributed by atoms with E-state index in [2.05, 4.69) is 13.6 Å². The second kappa shape index (κ2) is 9.30. The summed E-state index contributed by atoms with van der Waals surface area (Å²) >= 11 is 1.10. The predicted octanol–water partition coefficient (Wildman–Crippen LogP) is 3.94. The van der Waals surface area contributed by atoms with Gasteiger partial charge in [-0.1, -0.05) is 12.1 Å². The van der Waals surface area contributed by atoms with E-state index in [0.717, 1.165) is 40.8 Å². The first kappa shape index (κ1) is 24.2. The molecule has 3 heterocycles. The number of aromatic nitrogens is 2. The average molecular weight is 532 g/mol. The fourth-order valence-corrected chi connectivity index (χ4v) is 5.49. The first-order valence-electron chi connectivity index (χ1n) is 12.0. The van der Waals surface area contributed by atoms with E-state index in [-0.39, 0.29) is 6.42 Å². The van der Waals surface area contributed by atoms with Gasteiger partial charge in [-0.3, -0.25) is 0 Å². The van der Waals surface area contributed by atoms with Crippen molar-refractivity contribution in [3.8, 4) is 17.2 Å². The molecule has 0 amide bonds. The molecule has 1 unspecified atom stereocenters. The van der Waals surface area contributed by atoms with Crippen molar-refractivity contribution >= 4 is 40.0 Å². The number of hydrogen-bond donors (Lipinski definition) is 1. The molecule has 2 aliphatic heterocycles. The van der Waals surface area contributed by atoms with Crippen molar-refractivity contribution in [1.82, 2.24) is 8.75 Å². The van der Waals surface area contributed by atoms with E-state index >= 15 is 0 Å². The van der Waals surface area contributed by atoms with Crippen LogP contribution in [0.5, 0.6) is 17.2 Å². The summed E-state index contributed by atoms with van der Waals surface area (Å²) in [5, 5.41) is 12.1. The minimum absolute atomic E-state index is 0.250. The number of methoxy groups -OCH3 is 2. The molecule has 0 bridgehead atoms. The molecule has 10 heteroatoms. The van der Waals surface area contributed by atoms with Crippen LogP contribution in [-0.2, 0) is 21.7 Å². The Labute approximate surface area is 223 Å². The van der Waals surface area contributed by atoms with Gasteiger partial charge in [0, 0.05) is 24.6 Å². The Balaban J connectivity index is 1.52. The summed E-state index contributed by atoms with van der Waals surface area (Å²) in [5.41, 5.74) is 4.90. The van der Waals surface area contributed by atoms with E-state index in [1.165, 1.54) is 14.2 Å². The second-order valence-corrected chi connectivity index (χ2v) is 9.70. The number of ether oxygens (including phenoxy) is 4. The molecule has 2 aliphatic rings. The number of hydrogen-bond acceptors (Lipinski definition) is 10. The normalized spacial score (nSPS) is 18.8. The highest BCUT2D eigenvalue weighted by atomic mass is 32.1. The van der Waals surface area contributed by atoms with Crippen molar-refractivity contribution < 1.29 is 28.8 Å². The zero-order valence-corrected chi connectivity index (χ0v) is 21.9. The molecule has 3 aromatic carbocycles. The lowest BCUT2D eigenvalue weighted by atomic mass is 9.87. The summed E-state index contributed by atoms with van der Waals surface area (Å²) in [7, 11) is 5.05. The molecule has 0 aliphatic carbocycles. The van der Waals surface area contributed by atoms with E-state index in [4.69, 9.17) is 18.9 Å². The van der Waals surface area contributed by atoms with Crippen LogP contribution in [-0.4, -0.2) is 54.2 Å². The SMILES string of the molecule is COc1ccc(C2(O)OC(=O)C(c3ccc4nsnc4c3)=C2Cc2ccc3c(c2)N(C)CCO3)cc1OC. The highest BCUT2D eigenvalue weighted by Crippen LogP contribution is 2.47. The second-order valence-electron chi connectivity index (χ2n) is 9.17. The Morgan fingerprint density at radius 3 is 2.66 bits per heavy atom. The van der Waals surface area contributed by atoms with Crippen molar-refractivity contribution in [3.63, 3.8) is 0 Å². The first-order valence-corrected chi connectivity index (χ1v) is 12.8. The van der Waals surface area contributed by atoms with E-state index in [1.54, 1.807) is 30.3 Å². The van der Waals surface area contributed by atoms with Gasteiger partial charge in [0.15, 0.2) is 11.5 Å². The molecule has 194 valence electrons. The Morgan fingerprint density at radius 2 is 1.84 bits per heavy atom. The Hall–Kier alpha value is -4.15. The van der Waals surface area contributed by atoms with Gasteiger partial charge in [0.1, 0.15) is 23.4 Å². The van der Waals surface area contributed by atoms with Crippen molar-refractivity contribution in [2.45, 2.75) is 12.2 Å². The van der Waals surface area contributed by atoms with Crippen LogP contribution in [0.25, 0.3) is 16.6 Å². The summed E-state index contributed by atoms with van der Waals surface area (Å²) in [6, 6.07) is 16.2. The van der Waals surface area contributed by atoms with Crippen LogP contribution < -0.4 is 19.1 Å². The fourth-order valence-electron chi connectivity index (χ4n) is 4.97. The minimum atomic E-state index is -2.03. The molecule has 0 radical (unpaired) electrons. The maximum absolute atomic E-state index is 13.4. The largest absolute Gasteiger partial charge is 0.493 e. The van der Waals surface area contributed by atoms with Crippen molar-refractivity contribution in [1.29, 1.82) is 0 Å². The number of rotatable bonds is 6. The summed E-state index contributed by atoms with van der Waals surface area (Å²) in [4.78, 5) is 15.6. The fraction of sp³-hybridized carbons (Fsp3) is 0.250. The molecule has 6 rings (SSSR count). The number of aliphatic hydroxyl groups is 1. The lowest BCUT2D eigenvalue weighted by molar-refractivity contribution is -0.185. The number of anilines is 1. The highest BCUT2D eigenvalue weighted by Gasteiger charge is 2.48. The maximum Gasteiger partial charge on any atom is 0.342 e. The van der Waals surface area contributed by atoms with Gasteiger partial charge in [-0.2, -0.15) is 8.75 Å². The minimum Gasteiger partial charge on any atom is -0.493 e. The third kappa shape index (κ3) is 3.93. The number of nitrogens with zero attached hydrogens (tertiary/aromatic N) is 3. The Kier molecular flexibility index (Phi) is 5.93. The summed E-state index contributed by atoms with van der Waals surface area (Å²) in [5.74, 6) is -0.955. The monoisotopic (exact) mass is 531 g/mol. The van der Waals surface area contributed by atoms with Gasteiger partial charge in [0.25, 0.3) is 5.79 Å². The molecule has 0 saturated carbocycles. The van der Waals surface area contributed by atoms with Gasteiger partial charge in [-0.05, 0) is 53.6 Å². The summed E-state index contributed by atoms with van der Waals surface area (Å²) in [6.45, 7) is 1.39. The van der Waals surface area contributed by atoms with E-state index in [0.29, 0.717) is 45.9 Å². The molecular weight excluding hydrogens is 506 g/mol. The molecule has 0 fully saturated rings. The Bertz CT molecular complexity index is 1600. The average Bonchev–Trinajstić information content (AvgIpc) is 3.50. The van der Waals surface area contributed by atoms with Crippen LogP contribution in [0.15, 0.2) is 60.2 Å². The van der Waals surface area contributed by atoms with Crippen LogP contribution in [0.3, 0.4) is 0 Å². The maximum atomic E-state index is 13.4. The van der Waals surface area contributed by atoms with Gasteiger partial charge < -0.3 is 29.0 Å². The third-order valence-electron chi connectivity index (χ3n) is 6.97. The predicted molar refractivity (Wildman–Crippen MR) is 143 cm³/mol. The van der Waals surface area contributed by atoms with E-state index in [9.17, 15) is 9.90 Å². The highest BCUT2D eigenvalue weighted by molar-refractivity contribution is 7.00. The number of cyclic esters (lactones) is 1. The van der Waals surface area contributed by atoms with Gasteiger partial charge in [0.2, 0.25) is 0 Å². The number of carbonyl (C=O) groups excluding carboxylic acids is 1. The third-order valence-corrected chi connectivity index (χ3v) is 7.53. The lowest BCUT2D eigenvalue weighted by Crippen LogP contribution is -2.30. The molecule has 1 N–H and O–H groups in total. The van der Waals surface area contributed by atoms with Crippen LogP contribution >= 0.6 is 11.7 Å². The van der Waals surface area contributed by atoms with Crippen molar-refractivity contribution in [2.75, 3.05) is 39.3 Å². The smallest absolute Gasteiger partial charge is 0.342 e. The molecule has 9 nitrogen and oxygen atoms in total. The number of likely N-dealkylation sites (N-methyl/N-ethyl adjacent to an activating group) is 1. The van der Waals surface area contributed by atoms with E-state index in [1.807, 2.05) is 31.3 Å². The van der Waals surface area contributed by atoms with Crippen molar-refractivity contribution in [3.05, 3.63) is 76.9 Å². The molecule has 4 aromatic rings. The molecule has 0 saturated heterocycles. The molecule has 0 spiro atoms. The lowest BCUT2D eigenvalue weighted by Gasteiger charge is -2.29. The standard InChI is InChI=1S/C28H25N3O6S/c1-31-10-11-36-23-8-4-16(13-22(23)31)12-19-26(17-5-7-20-21(14-17)30-38-29-20)27(32)37-28(19,33)18-6-9-24(34-2)25(15-18)35-3/h4-9,13-15,33H,10-12H2,1-3H3. The number of fused-ring (bicyclic) bond motifs is 2. The van der Waals surface area contributed by atoms with Gasteiger partial charge >= 0.3 is 5.97 Å². The molecular formula is C28H25N3O6S. The van der Waals surface area contributed by atoms with Crippen LogP contribution in [0.1, 0.15) is 16.7 Å². The van der Waals surface area contributed by atoms with Crippen molar-refractivity contribution in [2.24, 2.45) is 0 Å². The number of carbonyl (C=O) groups is 1. The van der Waals surface area contributed by atoms with Gasteiger partial charge in [-0.15, -0.1) is 0 Å². The van der Waals surface area contributed by atoms with E-state index < -0.39 is 11.8 Å². The summed E-state index contributed by atoms with van der Waals surface area (Å²) in [6.07, 6.45) is 0.250. The Morgan fingerprint density at radius 1 is 1.03 bits per heavy atom. The van der Waals surface area contributed by atoms with Crippen LogP contribution in [0.2, 0.25) is 0 Å². The van der Waals surface area contributed by atoms with Gasteiger partial charge in [-0.25, -0.2) is 4.79 Å². The topological polar surface area (TPSA) is 103 Å². The molecule has 1 atom stereocenters. The zero-order chi connectivity index (χ0) is 26.4. The number of benzene rings is 3. The number of esters is 1. The van der Waals surface area contributed by atoms with Crippen LogP contribution in [0.4, 0.5) is 5.69 Å².